The molecule has 0 fully saturated rings. The van der Waals surface area contributed by atoms with Gasteiger partial charge in [0.25, 0.3) is 0 Å². The molecule has 1 aliphatic rings. The summed E-state index contributed by atoms with van der Waals surface area (Å²) in [7, 11) is 0. The third kappa shape index (κ3) is 0.787. The molecule has 0 spiro atoms. The smallest absolute Gasteiger partial charge is 0.327 e. The fraction of sp³-hybridized carbons (Fsp3) is 0.500. The van der Waals surface area contributed by atoms with Crippen LogP contribution in [0.15, 0.2) is 15.2 Å². The highest BCUT2D eigenvalue weighted by Gasteiger charge is 2.21. The summed E-state index contributed by atoms with van der Waals surface area (Å²) >= 11 is 0. The van der Waals surface area contributed by atoms with Crippen molar-refractivity contribution in [1.29, 1.82) is 0 Å². The topological polar surface area (TPSA) is 77.5 Å². The lowest BCUT2D eigenvalue weighted by Crippen LogP contribution is -2.17. The molecule has 0 atom stereocenters. The van der Waals surface area contributed by atoms with Gasteiger partial charge in [-0.3, -0.25) is 0 Å². The van der Waals surface area contributed by atoms with Crippen LogP contribution in [0.2, 0.25) is 0 Å². The summed E-state index contributed by atoms with van der Waals surface area (Å²) in [5, 5.41) is 22.5. The molecule has 7 heavy (non-hydrogen) atoms. The molecule has 0 aromatic heterocycles. The van der Waals surface area contributed by atoms with E-state index in [1.54, 1.807) is 0 Å². The van der Waals surface area contributed by atoms with Crippen molar-refractivity contribution >= 4 is 6.34 Å². The standard InChI is InChI=1S/C2H3N3O2/c6-2(7)3-1-4-5-2/h1,6-7H. The minimum absolute atomic E-state index is 0.972. The van der Waals surface area contributed by atoms with Gasteiger partial charge in [-0.2, -0.15) is 4.99 Å². The molecule has 5 heteroatoms. The zero-order valence-corrected chi connectivity index (χ0v) is 3.31. The Kier molecular flexibility index (Phi) is 0.671. The highest BCUT2D eigenvalue weighted by molar-refractivity contribution is 5.56. The van der Waals surface area contributed by atoms with Crippen molar-refractivity contribution in [2.75, 3.05) is 0 Å². The van der Waals surface area contributed by atoms with Crippen molar-refractivity contribution in [3.05, 3.63) is 0 Å². The van der Waals surface area contributed by atoms with Gasteiger partial charge in [-0.25, -0.2) is 0 Å². The maximum atomic E-state index is 8.29. The number of aliphatic hydroxyl groups is 2. The van der Waals surface area contributed by atoms with Gasteiger partial charge in [-0.15, -0.1) is 5.11 Å². The van der Waals surface area contributed by atoms with Gasteiger partial charge >= 0.3 is 6.03 Å². The lowest BCUT2D eigenvalue weighted by atomic mass is 10.9. The second-order valence-corrected chi connectivity index (χ2v) is 1.06. The summed E-state index contributed by atoms with van der Waals surface area (Å²) in [6.45, 7) is 0. The van der Waals surface area contributed by atoms with Crippen LogP contribution in [0.25, 0.3) is 0 Å². The van der Waals surface area contributed by atoms with Crippen molar-refractivity contribution < 1.29 is 10.2 Å². The molecular formula is C2H3N3O2. The molecule has 0 amide bonds. The van der Waals surface area contributed by atoms with Crippen LogP contribution in [-0.2, 0) is 0 Å². The molecule has 0 aliphatic carbocycles. The van der Waals surface area contributed by atoms with E-state index in [2.05, 4.69) is 15.2 Å². The third-order valence-electron chi connectivity index (χ3n) is 0.474. The minimum Gasteiger partial charge on any atom is -0.327 e. The van der Waals surface area contributed by atoms with Crippen LogP contribution in [-0.4, -0.2) is 22.6 Å². The highest BCUT2D eigenvalue weighted by Crippen LogP contribution is 2.06. The molecule has 2 N–H and O–H groups in total. The number of aliphatic imine (C=N–C) groups is 1. The largest absolute Gasteiger partial charge is 0.393 e. The zero-order valence-electron chi connectivity index (χ0n) is 3.31. The number of hydrogen-bond acceptors (Lipinski definition) is 5. The fourth-order valence-corrected chi connectivity index (χ4v) is 0.232. The van der Waals surface area contributed by atoms with Gasteiger partial charge in [0.05, 0.1) is 0 Å². The number of rotatable bonds is 0. The van der Waals surface area contributed by atoms with Crippen LogP contribution in [0.4, 0.5) is 0 Å². The van der Waals surface area contributed by atoms with Gasteiger partial charge in [0.2, 0.25) is 0 Å². The molecule has 5 nitrogen and oxygen atoms in total. The van der Waals surface area contributed by atoms with Gasteiger partial charge < -0.3 is 10.2 Å². The van der Waals surface area contributed by atoms with Gasteiger partial charge in [0, 0.05) is 0 Å². The van der Waals surface area contributed by atoms with E-state index in [-0.39, 0.29) is 0 Å². The van der Waals surface area contributed by atoms with E-state index in [9.17, 15) is 0 Å². The molecule has 0 unspecified atom stereocenters. The van der Waals surface area contributed by atoms with Gasteiger partial charge in [0.15, 0.2) is 0 Å². The Morgan fingerprint density at radius 3 is 2.29 bits per heavy atom. The number of hydrogen-bond donors (Lipinski definition) is 2. The first-order valence-electron chi connectivity index (χ1n) is 1.61. The summed E-state index contributed by atoms with van der Waals surface area (Å²) in [4.78, 5) is 3.02. The van der Waals surface area contributed by atoms with E-state index in [4.69, 9.17) is 10.2 Å². The normalized spacial score (nSPS) is 23.7. The average molecular weight is 101 g/mol. The van der Waals surface area contributed by atoms with Crippen LogP contribution >= 0.6 is 0 Å². The first-order valence-corrected chi connectivity index (χ1v) is 1.61. The van der Waals surface area contributed by atoms with Crippen LogP contribution in [0.3, 0.4) is 0 Å². The van der Waals surface area contributed by atoms with Crippen LogP contribution in [0, 0.1) is 0 Å². The highest BCUT2D eigenvalue weighted by atomic mass is 16.5. The monoisotopic (exact) mass is 101 g/mol. The molecule has 1 rings (SSSR count). The summed E-state index contributed by atoms with van der Waals surface area (Å²) in [6.07, 6.45) is 0.972. The maximum Gasteiger partial charge on any atom is 0.393 e. The first-order chi connectivity index (χ1) is 3.21. The quantitative estimate of drug-likeness (QED) is 0.387. The summed E-state index contributed by atoms with van der Waals surface area (Å²) in [6, 6.07) is -2.28. The van der Waals surface area contributed by atoms with Gasteiger partial charge in [0.1, 0.15) is 6.34 Å². The molecule has 0 bridgehead atoms. The van der Waals surface area contributed by atoms with Crippen molar-refractivity contribution in [3.8, 4) is 0 Å². The van der Waals surface area contributed by atoms with Crippen LogP contribution in [0.1, 0.15) is 0 Å². The Labute approximate surface area is 39.0 Å². The number of azo groups is 1. The Hall–Kier alpha value is -0.810. The number of nitrogens with zero attached hydrogens (tertiary/aromatic N) is 3. The second-order valence-electron chi connectivity index (χ2n) is 1.06. The van der Waals surface area contributed by atoms with Gasteiger partial charge in [-0.05, 0) is 0 Å². The molecule has 0 aromatic carbocycles. The minimum atomic E-state index is -2.28. The zero-order chi connectivity index (χ0) is 5.33. The molecule has 38 valence electrons. The Morgan fingerprint density at radius 1 is 1.43 bits per heavy atom. The predicted molar refractivity (Wildman–Crippen MR) is 20.5 cm³/mol. The van der Waals surface area contributed by atoms with E-state index in [1.165, 1.54) is 0 Å². The molecule has 0 saturated heterocycles. The van der Waals surface area contributed by atoms with E-state index in [0.717, 1.165) is 6.34 Å². The van der Waals surface area contributed by atoms with Crippen LogP contribution < -0.4 is 0 Å². The lowest BCUT2D eigenvalue weighted by Gasteiger charge is -1.99. The Bertz CT molecular complexity index is 113. The first kappa shape index (κ1) is 4.35. The average Bonchev–Trinajstić information content (AvgIpc) is 1.84. The third-order valence-corrected chi connectivity index (χ3v) is 0.474. The van der Waals surface area contributed by atoms with E-state index in [0.29, 0.717) is 0 Å². The van der Waals surface area contributed by atoms with E-state index in [1.807, 2.05) is 0 Å². The molecule has 0 saturated carbocycles. The van der Waals surface area contributed by atoms with Crippen molar-refractivity contribution in [2.45, 2.75) is 6.03 Å². The van der Waals surface area contributed by atoms with Gasteiger partial charge in [-0.1, -0.05) is 5.11 Å². The van der Waals surface area contributed by atoms with E-state index < -0.39 is 6.03 Å². The molecular weight excluding hydrogens is 98.0 g/mol. The maximum absolute atomic E-state index is 8.29. The van der Waals surface area contributed by atoms with Crippen molar-refractivity contribution in [3.63, 3.8) is 0 Å². The molecule has 0 radical (unpaired) electrons. The molecule has 1 aliphatic heterocycles. The molecule has 1 heterocycles. The summed E-state index contributed by atoms with van der Waals surface area (Å²) < 4.78 is 0. The summed E-state index contributed by atoms with van der Waals surface area (Å²) in [5.74, 6) is 0. The Balaban J connectivity index is 2.77. The lowest BCUT2D eigenvalue weighted by molar-refractivity contribution is -0.144. The van der Waals surface area contributed by atoms with Crippen molar-refractivity contribution in [2.24, 2.45) is 15.2 Å². The fourth-order valence-electron chi connectivity index (χ4n) is 0.232. The second kappa shape index (κ2) is 1.08. The van der Waals surface area contributed by atoms with Crippen LogP contribution in [0.5, 0.6) is 0 Å². The summed E-state index contributed by atoms with van der Waals surface area (Å²) in [5.41, 5.74) is 0. The predicted octanol–water partition coefficient (Wildman–Crippen LogP) is -0.924. The SMILES string of the molecule is OC1(O)N=CN=N1. The van der Waals surface area contributed by atoms with E-state index >= 15 is 0 Å². The van der Waals surface area contributed by atoms with Crippen molar-refractivity contribution in [1.82, 2.24) is 0 Å². The molecule has 0 aromatic rings. The Morgan fingerprint density at radius 2 is 2.14 bits per heavy atom.